The summed E-state index contributed by atoms with van der Waals surface area (Å²) in [5.74, 6) is 0. The van der Waals surface area contributed by atoms with E-state index in [0.717, 1.165) is 11.1 Å². The van der Waals surface area contributed by atoms with Crippen LogP contribution in [0, 0.1) is 6.92 Å². The van der Waals surface area contributed by atoms with Crippen LogP contribution in [0.1, 0.15) is 5.56 Å². The van der Waals surface area contributed by atoms with Crippen molar-refractivity contribution >= 4 is 48.8 Å². The first-order valence-corrected chi connectivity index (χ1v) is 7.59. The van der Waals surface area contributed by atoms with Crippen LogP contribution in [-0.2, 0) is 0 Å². The maximum Gasteiger partial charge on any atom is 0.0394 e. The van der Waals surface area contributed by atoms with Gasteiger partial charge in [0.2, 0.25) is 0 Å². The molecule has 2 N–H and O–H groups in total. The third-order valence-electron chi connectivity index (χ3n) is 4.78. The van der Waals surface area contributed by atoms with Crippen LogP contribution in [0.15, 0.2) is 60.7 Å². The molecule has 0 aliphatic rings. The molecule has 0 bridgehead atoms. The van der Waals surface area contributed by atoms with Gasteiger partial charge in [0.05, 0.1) is 0 Å². The Morgan fingerprint density at radius 1 is 0.636 bits per heavy atom. The zero-order valence-electron chi connectivity index (χ0n) is 12.4. The molecule has 0 saturated carbocycles. The normalized spacial score (nSPS) is 12.0. The van der Waals surface area contributed by atoms with Crippen LogP contribution in [0.4, 0.5) is 5.69 Å². The summed E-state index contributed by atoms with van der Waals surface area (Å²) in [6.45, 7) is 2.16. The number of anilines is 1. The number of benzene rings is 5. The van der Waals surface area contributed by atoms with Crippen LogP contribution in [0.2, 0.25) is 0 Å². The molecule has 104 valence electrons. The summed E-state index contributed by atoms with van der Waals surface area (Å²) in [5, 5.41) is 10.3. The zero-order chi connectivity index (χ0) is 14.8. The Hall–Kier alpha value is -2.80. The quantitative estimate of drug-likeness (QED) is 0.222. The topological polar surface area (TPSA) is 26.0 Å². The van der Waals surface area contributed by atoms with Gasteiger partial charge in [0, 0.05) is 11.1 Å². The molecular formula is C21H15N. The fourth-order valence-electron chi connectivity index (χ4n) is 3.89. The van der Waals surface area contributed by atoms with E-state index in [-0.39, 0.29) is 0 Å². The molecule has 0 fully saturated rings. The lowest BCUT2D eigenvalue weighted by atomic mass is 9.88. The minimum Gasteiger partial charge on any atom is -0.398 e. The van der Waals surface area contributed by atoms with Crippen LogP contribution >= 0.6 is 0 Å². The van der Waals surface area contributed by atoms with E-state index in [1.807, 2.05) is 6.07 Å². The van der Waals surface area contributed by atoms with Gasteiger partial charge < -0.3 is 5.73 Å². The molecule has 5 aromatic rings. The molecule has 0 atom stereocenters. The van der Waals surface area contributed by atoms with Gasteiger partial charge in [0.25, 0.3) is 0 Å². The van der Waals surface area contributed by atoms with Gasteiger partial charge >= 0.3 is 0 Å². The molecule has 1 nitrogen and oxygen atoms in total. The largest absolute Gasteiger partial charge is 0.398 e. The van der Waals surface area contributed by atoms with Crippen LogP contribution in [0.5, 0.6) is 0 Å². The molecule has 0 saturated heterocycles. The lowest BCUT2D eigenvalue weighted by Gasteiger charge is -2.15. The van der Waals surface area contributed by atoms with E-state index in [9.17, 15) is 0 Å². The molecule has 1 heteroatoms. The van der Waals surface area contributed by atoms with Crippen LogP contribution in [0.25, 0.3) is 43.1 Å². The van der Waals surface area contributed by atoms with Crippen molar-refractivity contribution in [2.24, 2.45) is 0 Å². The zero-order valence-corrected chi connectivity index (χ0v) is 12.4. The fourth-order valence-corrected chi connectivity index (χ4v) is 3.89. The number of hydrogen-bond acceptors (Lipinski definition) is 1. The molecule has 5 rings (SSSR count). The number of hydrogen-bond donors (Lipinski definition) is 1. The monoisotopic (exact) mass is 281 g/mol. The van der Waals surface area contributed by atoms with Gasteiger partial charge in [-0.3, -0.25) is 0 Å². The minimum atomic E-state index is 0.851. The third kappa shape index (κ3) is 1.33. The minimum absolute atomic E-state index is 0.851. The standard InChI is InChI=1S/C21H15N/c1-12-10-13-4-2-5-14-16-8-9-19(22)17-7-3-6-15(21(16)17)18(11-12)20(13)14/h2-11H,22H2,1H3. The van der Waals surface area contributed by atoms with E-state index in [4.69, 9.17) is 5.73 Å². The molecule has 0 aliphatic heterocycles. The van der Waals surface area contributed by atoms with Crippen molar-refractivity contribution in [2.75, 3.05) is 5.73 Å². The van der Waals surface area contributed by atoms with Gasteiger partial charge in [-0.15, -0.1) is 0 Å². The average Bonchev–Trinajstić information content (AvgIpc) is 2.53. The summed E-state index contributed by atoms with van der Waals surface area (Å²) in [4.78, 5) is 0. The van der Waals surface area contributed by atoms with E-state index in [0.29, 0.717) is 0 Å². The first kappa shape index (κ1) is 11.8. The number of rotatable bonds is 0. The van der Waals surface area contributed by atoms with Crippen molar-refractivity contribution in [2.45, 2.75) is 6.92 Å². The van der Waals surface area contributed by atoms with Crippen LogP contribution in [0.3, 0.4) is 0 Å². The highest BCUT2D eigenvalue weighted by molar-refractivity contribution is 6.33. The highest BCUT2D eigenvalue weighted by Crippen LogP contribution is 2.41. The highest BCUT2D eigenvalue weighted by atomic mass is 14.5. The summed E-state index contributed by atoms with van der Waals surface area (Å²) in [5.41, 5.74) is 8.37. The predicted octanol–water partition coefficient (Wildman–Crippen LogP) is 5.63. The predicted molar refractivity (Wildman–Crippen MR) is 96.8 cm³/mol. The molecule has 0 heterocycles. The molecule has 0 amide bonds. The van der Waals surface area contributed by atoms with E-state index in [1.54, 1.807) is 0 Å². The van der Waals surface area contributed by atoms with Gasteiger partial charge in [-0.05, 0) is 56.3 Å². The summed E-state index contributed by atoms with van der Waals surface area (Å²) in [6.07, 6.45) is 0. The number of aryl methyl sites for hydroxylation is 1. The smallest absolute Gasteiger partial charge is 0.0394 e. The fraction of sp³-hybridized carbons (Fsp3) is 0.0476. The summed E-state index contributed by atoms with van der Waals surface area (Å²) < 4.78 is 0. The number of fused-ring (bicyclic) bond motifs is 2. The average molecular weight is 281 g/mol. The molecule has 0 spiro atoms. The lowest BCUT2D eigenvalue weighted by Crippen LogP contribution is -1.91. The second kappa shape index (κ2) is 3.89. The van der Waals surface area contributed by atoms with Crippen molar-refractivity contribution in [1.82, 2.24) is 0 Å². The maximum absolute atomic E-state index is 6.22. The Labute approximate surface area is 128 Å². The van der Waals surface area contributed by atoms with Gasteiger partial charge in [0.1, 0.15) is 0 Å². The van der Waals surface area contributed by atoms with Gasteiger partial charge in [-0.1, -0.05) is 54.6 Å². The Bertz CT molecular complexity index is 1180. The molecule has 0 aromatic heterocycles. The summed E-state index contributed by atoms with van der Waals surface area (Å²) in [7, 11) is 0. The Kier molecular flexibility index (Phi) is 2.09. The second-order valence-corrected chi connectivity index (χ2v) is 6.15. The van der Waals surface area contributed by atoms with E-state index >= 15 is 0 Å². The van der Waals surface area contributed by atoms with Gasteiger partial charge in [-0.2, -0.15) is 0 Å². The van der Waals surface area contributed by atoms with Crippen LogP contribution < -0.4 is 5.73 Å². The van der Waals surface area contributed by atoms with E-state index < -0.39 is 0 Å². The third-order valence-corrected chi connectivity index (χ3v) is 4.78. The lowest BCUT2D eigenvalue weighted by molar-refractivity contribution is 1.53. The highest BCUT2D eigenvalue weighted by Gasteiger charge is 2.13. The molecular weight excluding hydrogens is 266 g/mol. The first-order valence-electron chi connectivity index (χ1n) is 7.59. The van der Waals surface area contributed by atoms with Crippen LogP contribution in [-0.4, -0.2) is 0 Å². The number of nitrogen functional groups attached to an aromatic ring is 1. The van der Waals surface area contributed by atoms with E-state index in [2.05, 4.69) is 61.5 Å². The van der Waals surface area contributed by atoms with Gasteiger partial charge in [0.15, 0.2) is 0 Å². The Balaban J connectivity index is 2.28. The molecule has 0 aliphatic carbocycles. The van der Waals surface area contributed by atoms with Gasteiger partial charge in [-0.25, -0.2) is 0 Å². The Morgan fingerprint density at radius 2 is 1.32 bits per heavy atom. The van der Waals surface area contributed by atoms with Crippen molar-refractivity contribution in [3.05, 3.63) is 66.2 Å². The summed E-state index contributed by atoms with van der Waals surface area (Å²) >= 11 is 0. The molecule has 0 unspecified atom stereocenters. The maximum atomic E-state index is 6.22. The second-order valence-electron chi connectivity index (χ2n) is 6.15. The summed E-state index contributed by atoms with van der Waals surface area (Å²) in [6, 6.07) is 21.8. The van der Waals surface area contributed by atoms with E-state index in [1.165, 1.54) is 43.3 Å². The molecule has 22 heavy (non-hydrogen) atoms. The first-order chi connectivity index (χ1) is 10.7. The van der Waals surface area contributed by atoms with Crippen molar-refractivity contribution in [3.8, 4) is 0 Å². The van der Waals surface area contributed by atoms with Crippen molar-refractivity contribution < 1.29 is 0 Å². The number of nitrogens with two attached hydrogens (primary N) is 1. The Morgan fingerprint density at radius 3 is 2.18 bits per heavy atom. The van der Waals surface area contributed by atoms with Crippen molar-refractivity contribution in [3.63, 3.8) is 0 Å². The molecule has 0 radical (unpaired) electrons. The molecule has 5 aromatic carbocycles. The van der Waals surface area contributed by atoms with Crippen molar-refractivity contribution in [1.29, 1.82) is 0 Å². The SMILES string of the molecule is Cc1cc2cccc3c4ccc(N)c5cccc(c(c1)c23)c54.